The summed E-state index contributed by atoms with van der Waals surface area (Å²) in [6.45, 7) is 16.6. The zero-order chi connectivity index (χ0) is 14.8. The average Bonchev–Trinajstić information content (AvgIpc) is 2.40. The molecule has 1 saturated heterocycles. The van der Waals surface area contributed by atoms with Gasteiger partial charge in [0.05, 0.1) is 19.3 Å². The van der Waals surface area contributed by atoms with Gasteiger partial charge in [0.15, 0.2) is 0 Å². The van der Waals surface area contributed by atoms with E-state index in [4.69, 9.17) is 9.47 Å². The summed E-state index contributed by atoms with van der Waals surface area (Å²) in [5.74, 6) is 0. The first-order chi connectivity index (χ1) is 9.51. The number of ether oxygens (including phenoxy) is 2. The monoisotopic (exact) mass is 286 g/mol. The minimum Gasteiger partial charge on any atom is -0.380 e. The second-order valence-electron chi connectivity index (χ2n) is 6.88. The minimum atomic E-state index is 0.338. The highest BCUT2D eigenvalue weighted by atomic mass is 16.5. The van der Waals surface area contributed by atoms with Crippen molar-refractivity contribution in [3.63, 3.8) is 0 Å². The summed E-state index contributed by atoms with van der Waals surface area (Å²) < 4.78 is 11.5. The number of hydrogen-bond acceptors (Lipinski definition) is 4. The van der Waals surface area contributed by atoms with E-state index >= 15 is 0 Å². The molecule has 4 nitrogen and oxygen atoms in total. The Bertz CT molecular complexity index is 241. The third kappa shape index (κ3) is 8.90. The van der Waals surface area contributed by atoms with Crippen molar-refractivity contribution in [3.8, 4) is 0 Å². The van der Waals surface area contributed by atoms with Crippen LogP contribution < -0.4 is 5.32 Å². The minimum absolute atomic E-state index is 0.338. The van der Waals surface area contributed by atoms with Gasteiger partial charge in [-0.05, 0) is 24.8 Å². The lowest BCUT2D eigenvalue weighted by Crippen LogP contribution is -2.47. The Morgan fingerprint density at radius 3 is 2.80 bits per heavy atom. The van der Waals surface area contributed by atoms with E-state index in [0.717, 1.165) is 59.0 Å². The van der Waals surface area contributed by atoms with Crippen LogP contribution in [0.5, 0.6) is 0 Å². The first kappa shape index (κ1) is 17.9. The van der Waals surface area contributed by atoms with Gasteiger partial charge in [-0.1, -0.05) is 27.7 Å². The van der Waals surface area contributed by atoms with Crippen LogP contribution in [0.15, 0.2) is 0 Å². The molecule has 1 rings (SSSR count). The Kier molecular flexibility index (Phi) is 8.69. The molecule has 4 heteroatoms. The number of nitrogens with one attached hydrogen (secondary N) is 1. The molecule has 0 saturated carbocycles. The SMILES string of the molecule is CCNC[C@H]1CN(CCOCCCC(C)(C)C)CCO1. The van der Waals surface area contributed by atoms with Gasteiger partial charge in [0.2, 0.25) is 0 Å². The van der Waals surface area contributed by atoms with Gasteiger partial charge < -0.3 is 14.8 Å². The summed E-state index contributed by atoms with van der Waals surface area (Å²) in [6.07, 6.45) is 2.73. The van der Waals surface area contributed by atoms with E-state index in [1.54, 1.807) is 0 Å². The highest BCUT2D eigenvalue weighted by molar-refractivity contribution is 4.73. The molecule has 0 bridgehead atoms. The van der Waals surface area contributed by atoms with E-state index in [-0.39, 0.29) is 0 Å². The fourth-order valence-electron chi connectivity index (χ4n) is 2.41. The van der Waals surface area contributed by atoms with Crippen LogP contribution in [0.2, 0.25) is 0 Å². The topological polar surface area (TPSA) is 33.7 Å². The van der Waals surface area contributed by atoms with E-state index in [2.05, 4.69) is 37.9 Å². The molecule has 0 aliphatic carbocycles. The maximum absolute atomic E-state index is 5.75. The van der Waals surface area contributed by atoms with Gasteiger partial charge in [-0.25, -0.2) is 0 Å². The van der Waals surface area contributed by atoms with Crippen LogP contribution in [-0.2, 0) is 9.47 Å². The third-order valence-corrected chi connectivity index (χ3v) is 3.61. The summed E-state index contributed by atoms with van der Waals surface area (Å²) in [7, 11) is 0. The Hall–Kier alpha value is -0.160. The Labute approximate surface area is 125 Å². The number of nitrogens with zero attached hydrogens (tertiary/aromatic N) is 1. The van der Waals surface area contributed by atoms with E-state index in [1.807, 2.05) is 0 Å². The Morgan fingerprint density at radius 2 is 2.10 bits per heavy atom. The van der Waals surface area contributed by atoms with Crippen LogP contribution in [0, 0.1) is 5.41 Å². The van der Waals surface area contributed by atoms with Crippen molar-refractivity contribution >= 4 is 0 Å². The molecule has 0 radical (unpaired) electrons. The van der Waals surface area contributed by atoms with Crippen molar-refractivity contribution < 1.29 is 9.47 Å². The lowest BCUT2D eigenvalue weighted by molar-refractivity contribution is -0.0349. The molecule has 1 N–H and O–H groups in total. The Balaban J connectivity index is 2.01. The van der Waals surface area contributed by atoms with Gasteiger partial charge in [0.25, 0.3) is 0 Å². The molecule has 1 heterocycles. The molecule has 0 aromatic rings. The summed E-state index contributed by atoms with van der Waals surface area (Å²) in [4.78, 5) is 2.45. The van der Waals surface area contributed by atoms with Crippen LogP contribution in [0.25, 0.3) is 0 Å². The molecule has 120 valence electrons. The second kappa shape index (κ2) is 9.72. The fraction of sp³-hybridized carbons (Fsp3) is 1.00. The fourth-order valence-corrected chi connectivity index (χ4v) is 2.41. The van der Waals surface area contributed by atoms with Crippen molar-refractivity contribution in [2.24, 2.45) is 5.41 Å². The molecule has 20 heavy (non-hydrogen) atoms. The molecule has 0 aromatic carbocycles. The summed E-state index contributed by atoms with van der Waals surface area (Å²) >= 11 is 0. The van der Waals surface area contributed by atoms with Gasteiger partial charge in [-0.2, -0.15) is 0 Å². The summed E-state index contributed by atoms with van der Waals surface area (Å²) in [6, 6.07) is 0. The largest absolute Gasteiger partial charge is 0.380 e. The predicted octanol–water partition coefficient (Wildman–Crippen LogP) is 2.14. The van der Waals surface area contributed by atoms with Gasteiger partial charge in [0.1, 0.15) is 0 Å². The molecule has 1 aliphatic rings. The first-order valence-electron chi connectivity index (χ1n) is 8.13. The molecular formula is C16H34N2O2. The van der Waals surface area contributed by atoms with Gasteiger partial charge in [-0.15, -0.1) is 0 Å². The van der Waals surface area contributed by atoms with Gasteiger partial charge in [-0.3, -0.25) is 4.90 Å². The number of rotatable bonds is 9. The quantitative estimate of drug-likeness (QED) is 0.659. The molecule has 0 spiro atoms. The normalized spacial score (nSPS) is 21.3. The molecule has 0 aromatic heterocycles. The maximum Gasteiger partial charge on any atom is 0.0826 e. The second-order valence-corrected chi connectivity index (χ2v) is 6.88. The van der Waals surface area contributed by atoms with Crippen LogP contribution in [-0.4, -0.2) is 63.5 Å². The third-order valence-electron chi connectivity index (χ3n) is 3.61. The molecule has 1 fully saturated rings. The van der Waals surface area contributed by atoms with Crippen molar-refractivity contribution in [1.82, 2.24) is 10.2 Å². The van der Waals surface area contributed by atoms with Crippen LogP contribution in [0.1, 0.15) is 40.5 Å². The molecule has 1 aliphatic heterocycles. The van der Waals surface area contributed by atoms with Crippen molar-refractivity contribution in [3.05, 3.63) is 0 Å². The van der Waals surface area contributed by atoms with E-state index in [9.17, 15) is 0 Å². The van der Waals surface area contributed by atoms with Gasteiger partial charge in [0, 0.05) is 32.8 Å². The lowest BCUT2D eigenvalue weighted by atomic mass is 9.91. The van der Waals surface area contributed by atoms with Crippen molar-refractivity contribution in [2.45, 2.75) is 46.6 Å². The average molecular weight is 286 g/mol. The predicted molar refractivity (Wildman–Crippen MR) is 84.2 cm³/mol. The summed E-state index contributed by atoms with van der Waals surface area (Å²) in [5, 5.41) is 3.35. The molecular weight excluding hydrogens is 252 g/mol. The van der Waals surface area contributed by atoms with E-state index < -0.39 is 0 Å². The van der Waals surface area contributed by atoms with Crippen LogP contribution in [0.4, 0.5) is 0 Å². The molecule has 1 atom stereocenters. The highest BCUT2D eigenvalue weighted by Gasteiger charge is 2.19. The molecule has 0 amide bonds. The van der Waals surface area contributed by atoms with Gasteiger partial charge >= 0.3 is 0 Å². The Morgan fingerprint density at radius 1 is 1.30 bits per heavy atom. The van der Waals surface area contributed by atoms with E-state index in [0.29, 0.717) is 11.5 Å². The standard InChI is InChI=1S/C16H34N2O2/c1-5-17-13-15-14-18(9-12-20-15)8-11-19-10-6-7-16(2,3)4/h15,17H,5-14H2,1-4H3/t15-/m0/s1. The number of likely N-dealkylation sites (N-methyl/N-ethyl adjacent to an activating group) is 1. The van der Waals surface area contributed by atoms with E-state index in [1.165, 1.54) is 6.42 Å². The summed E-state index contributed by atoms with van der Waals surface area (Å²) in [5.41, 5.74) is 0.424. The number of morpholine rings is 1. The lowest BCUT2D eigenvalue weighted by Gasteiger charge is -2.32. The maximum atomic E-state index is 5.75. The van der Waals surface area contributed by atoms with Crippen molar-refractivity contribution in [2.75, 3.05) is 52.5 Å². The molecule has 0 unspecified atom stereocenters. The van der Waals surface area contributed by atoms with Crippen LogP contribution >= 0.6 is 0 Å². The van der Waals surface area contributed by atoms with Crippen LogP contribution in [0.3, 0.4) is 0 Å². The van der Waals surface area contributed by atoms with Crippen molar-refractivity contribution in [1.29, 1.82) is 0 Å². The highest BCUT2D eigenvalue weighted by Crippen LogP contribution is 2.20. The number of hydrogen-bond donors (Lipinski definition) is 1. The smallest absolute Gasteiger partial charge is 0.0826 e. The zero-order valence-electron chi connectivity index (χ0n) is 13.9. The first-order valence-corrected chi connectivity index (χ1v) is 8.13. The zero-order valence-corrected chi connectivity index (χ0v) is 13.9.